The quantitative estimate of drug-likeness (QED) is 0.589. The molecular formula is C13H8O4. The van der Waals surface area contributed by atoms with E-state index >= 15 is 0 Å². The van der Waals surface area contributed by atoms with Gasteiger partial charge in [0.25, 0.3) is 0 Å². The molecule has 2 aliphatic carbocycles. The van der Waals surface area contributed by atoms with Crippen molar-refractivity contribution in [2.45, 2.75) is 12.8 Å². The van der Waals surface area contributed by atoms with Crippen LogP contribution in [0.25, 0.3) is 18.2 Å². The summed E-state index contributed by atoms with van der Waals surface area (Å²) in [6.07, 6.45) is 6.06. The van der Waals surface area contributed by atoms with Crippen LogP contribution in [0.15, 0.2) is 15.3 Å². The number of ketones is 2. The fourth-order valence-corrected chi connectivity index (χ4v) is 2.03. The van der Waals surface area contributed by atoms with Crippen molar-refractivity contribution < 1.29 is 14.0 Å². The summed E-state index contributed by atoms with van der Waals surface area (Å²) in [7, 11) is 0. The Hall–Kier alpha value is -2.23. The van der Waals surface area contributed by atoms with Crippen LogP contribution in [0.3, 0.4) is 0 Å². The summed E-state index contributed by atoms with van der Waals surface area (Å²) in [4.78, 5) is 34.6. The second kappa shape index (κ2) is 3.38. The van der Waals surface area contributed by atoms with Crippen LogP contribution >= 0.6 is 0 Å². The average Bonchev–Trinajstić information content (AvgIpc) is 2.28. The second-order valence-corrected chi connectivity index (χ2v) is 4.04. The van der Waals surface area contributed by atoms with Gasteiger partial charge in [-0.3, -0.25) is 14.4 Å². The third kappa shape index (κ3) is 1.49. The van der Waals surface area contributed by atoms with Crippen LogP contribution in [-0.2, 0) is 16.0 Å². The lowest BCUT2D eigenvalue weighted by molar-refractivity contribution is -0.114. The highest BCUT2D eigenvalue weighted by Crippen LogP contribution is 2.11. The zero-order valence-electron chi connectivity index (χ0n) is 8.86. The Morgan fingerprint density at radius 1 is 1.06 bits per heavy atom. The summed E-state index contributed by atoms with van der Waals surface area (Å²) < 4.78 is 5.46. The maximum absolute atomic E-state index is 12.1. The fourth-order valence-electron chi connectivity index (χ4n) is 2.03. The number of Topliss-reactive ketones (excluding diaryl/α,β-unsaturated/α-hetero) is 1. The molecule has 0 spiro atoms. The van der Waals surface area contributed by atoms with Crippen molar-refractivity contribution in [1.82, 2.24) is 0 Å². The number of hydrogen-bond donors (Lipinski definition) is 0. The Labute approximate surface area is 95.6 Å². The maximum Gasteiger partial charge on any atom is 0.199 e. The molecule has 0 radical (unpaired) electrons. The summed E-state index contributed by atoms with van der Waals surface area (Å²) in [6, 6.07) is 0. The van der Waals surface area contributed by atoms with Gasteiger partial charge in [-0.15, -0.1) is 0 Å². The van der Waals surface area contributed by atoms with Crippen molar-refractivity contribution >= 4 is 29.8 Å². The topological polar surface area (TPSA) is 64.3 Å². The van der Waals surface area contributed by atoms with Crippen LogP contribution in [0.4, 0.5) is 0 Å². The number of carbonyl (C=O) groups is 2. The Balaban J connectivity index is 2.43. The third-order valence-corrected chi connectivity index (χ3v) is 2.86. The molecule has 2 aliphatic rings. The lowest BCUT2D eigenvalue weighted by Crippen LogP contribution is -2.43. The van der Waals surface area contributed by atoms with Gasteiger partial charge in [0, 0.05) is 12.5 Å². The van der Waals surface area contributed by atoms with Crippen LogP contribution in [0.1, 0.15) is 17.7 Å². The van der Waals surface area contributed by atoms with Gasteiger partial charge in [0.05, 0.1) is 17.2 Å². The van der Waals surface area contributed by atoms with Crippen molar-refractivity contribution in [3.8, 4) is 0 Å². The van der Waals surface area contributed by atoms with Gasteiger partial charge in [-0.25, -0.2) is 0 Å². The van der Waals surface area contributed by atoms with Gasteiger partial charge >= 0.3 is 0 Å². The summed E-state index contributed by atoms with van der Waals surface area (Å²) in [5.41, 5.74) is 0.518. The molecule has 1 aromatic rings. The van der Waals surface area contributed by atoms with E-state index in [2.05, 4.69) is 0 Å². The first-order valence-electron chi connectivity index (χ1n) is 5.27. The molecule has 0 N–H and O–H groups in total. The van der Waals surface area contributed by atoms with E-state index in [4.69, 9.17) is 4.42 Å². The molecule has 0 aromatic carbocycles. The molecule has 0 amide bonds. The van der Waals surface area contributed by atoms with Crippen LogP contribution < -0.4 is 16.1 Å². The van der Waals surface area contributed by atoms with E-state index in [1.807, 2.05) is 0 Å². The van der Waals surface area contributed by atoms with Crippen molar-refractivity contribution in [3.05, 3.63) is 38.3 Å². The highest BCUT2D eigenvalue weighted by atomic mass is 16.3. The van der Waals surface area contributed by atoms with Crippen molar-refractivity contribution in [2.75, 3.05) is 0 Å². The SMILES string of the molecule is O=C1C=c2oc3c(c(=O)c2=CC1)C=CC(=O)C3. The standard InChI is InChI=1S/C13H8O4/c14-7-1-3-9-11(5-7)17-12-6-8(15)2-4-10(12)13(9)16/h1,3-4,6H,2,5H2. The molecule has 1 aromatic heterocycles. The number of allylic oxidation sites excluding steroid dienone is 1. The molecule has 0 atom stereocenters. The minimum Gasteiger partial charge on any atom is -0.460 e. The lowest BCUT2D eigenvalue weighted by Gasteiger charge is -2.08. The zero-order chi connectivity index (χ0) is 12.0. The average molecular weight is 228 g/mol. The van der Waals surface area contributed by atoms with Crippen LogP contribution in [0, 0.1) is 0 Å². The van der Waals surface area contributed by atoms with E-state index in [0.717, 1.165) is 0 Å². The maximum atomic E-state index is 12.1. The van der Waals surface area contributed by atoms with Crippen LogP contribution in [0.2, 0.25) is 0 Å². The molecule has 4 heteroatoms. The predicted molar refractivity (Wildman–Crippen MR) is 60.5 cm³/mol. The van der Waals surface area contributed by atoms with E-state index in [-0.39, 0.29) is 35.3 Å². The van der Waals surface area contributed by atoms with Gasteiger partial charge in [-0.2, -0.15) is 0 Å². The van der Waals surface area contributed by atoms with E-state index in [1.54, 1.807) is 6.08 Å². The minimum absolute atomic E-state index is 0.0797. The molecule has 84 valence electrons. The van der Waals surface area contributed by atoms with E-state index in [1.165, 1.54) is 18.2 Å². The Morgan fingerprint density at radius 2 is 1.88 bits per heavy atom. The van der Waals surface area contributed by atoms with Gasteiger partial charge < -0.3 is 4.42 Å². The first kappa shape index (κ1) is 9.96. The smallest absolute Gasteiger partial charge is 0.199 e. The predicted octanol–water partition coefficient (Wildman–Crippen LogP) is -0.688. The fraction of sp³-hybridized carbons (Fsp3) is 0.154. The third-order valence-electron chi connectivity index (χ3n) is 2.86. The van der Waals surface area contributed by atoms with Gasteiger partial charge in [0.15, 0.2) is 17.0 Å². The molecule has 17 heavy (non-hydrogen) atoms. The summed E-state index contributed by atoms with van der Waals surface area (Å²) >= 11 is 0. The largest absolute Gasteiger partial charge is 0.460 e. The van der Waals surface area contributed by atoms with Crippen molar-refractivity contribution in [3.63, 3.8) is 0 Å². The van der Waals surface area contributed by atoms with E-state index in [9.17, 15) is 14.4 Å². The molecule has 0 bridgehead atoms. The Morgan fingerprint density at radius 3 is 2.71 bits per heavy atom. The summed E-state index contributed by atoms with van der Waals surface area (Å²) in [5, 5.41) is 0.419. The number of carbonyl (C=O) groups excluding carboxylic acids is 2. The zero-order valence-corrected chi connectivity index (χ0v) is 8.86. The number of hydrogen-bond acceptors (Lipinski definition) is 4. The lowest BCUT2D eigenvalue weighted by atomic mass is 10.0. The first-order valence-corrected chi connectivity index (χ1v) is 5.27. The highest BCUT2D eigenvalue weighted by Gasteiger charge is 2.18. The molecule has 4 nitrogen and oxygen atoms in total. The molecular weight excluding hydrogens is 220 g/mol. The number of fused-ring (bicyclic) bond motifs is 2. The number of rotatable bonds is 0. The van der Waals surface area contributed by atoms with Crippen molar-refractivity contribution in [2.24, 2.45) is 0 Å². The van der Waals surface area contributed by atoms with Gasteiger partial charge in [0.1, 0.15) is 11.2 Å². The second-order valence-electron chi connectivity index (χ2n) is 4.04. The van der Waals surface area contributed by atoms with Crippen molar-refractivity contribution in [1.29, 1.82) is 0 Å². The van der Waals surface area contributed by atoms with E-state index in [0.29, 0.717) is 16.5 Å². The van der Waals surface area contributed by atoms with Gasteiger partial charge in [-0.05, 0) is 12.2 Å². The minimum atomic E-state index is -0.172. The Kier molecular flexibility index (Phi) is 1.98. The molecule has 0 saturated carbocycles. The molecule has 0 fully saturated rings. The summed E-state index contributed by atoms with van der Waals surface area (Å²) in [6.45, 7) is 0. The van der Waals surface area contributed by atoms with Gasteiger partial charge in [-0.1, -0.05) is 6.08 Å². The highest BCUT2D eigenvalue weighted by molar-refractivity contribution is 6.08. The van der Waals surface area contributed by atoms with E-state index < -0.39 is 0 Å². The van der Waals surface area contributed by atoms with Gasteiger partial charge in [0.2, 0.25) is 0 Å². The molecule has 0 saturated heterocycles. The monoisotopic (exact) mass is 228 g/mol. The molecule has 1 heterocycles. The molecule has 0 unspecified atom stereocenters. The molecule has 3 rings (SSSR count). The van der Waals surface area contributed by atoms with Crippen LogP contribution in [0.5, 0.6) is 0 Å². The molecule has 0 aliphatic heterocycles. The first-order chi connectivity index (χ1) is 8.15. The summed E-state index contributed by atoms with van der Waals surface area (Å²) in [5.74, 6) is 0.144. The normalized spacial score (nSPS) is 16.9. The Bertz CT molecular complexity index is 747. The van der Waals surface area contributed by atoms with Crippen LogP contribution in [-0.4, -0.2) is 11.6 Å².